The van der Waals surface area contributed by atoms with Gasteiger partial charge in [0.2, 0.25) is 0 Å². The standard InChI is InChI=1S/C21H29NO6/c1-13(23)19(17(25)11-27-5)21(20(14(2)24)18(26)12-28-6)15-7-9-16(10-8-15)22(3)4/h7-10,19-21H,11-12H2,1-6H3/t19-,20-/m0/s1. The summed E-state index contributed by atoms with van der Waals surface area (Å²) in [6.07, 6.45) is 0. The Morgan fingerprint density at radius 2 is 1.21 bits per heavy atom. The highest BCUT2D eigenvalue weighted by Gasteiger charge is 2.43. The normalized spacial score (nSPS) is 13.1. The highest BCUT2D eigenvalue weighted by atomic mass is 16.5. The number of carbonyl (C=O) groups is 4. The van der Waals surface area contributed by atoms with E-state index in [9.17, 15) is 19.2 Å². The van der Waals surface area contributed by atoms with E-state index in [0.717, 1.165) is 5.69 Å². The maximum atomic E-state index is 12.7. The smallest absolute Gasteiger partial charge is 0.169 e. The average molecular weight is 391 g/mol. The van der Waals surface area contributed by atoms with Crippen molar-refractivity contribution in [2.45, 2.75) is 19.8 Å². The number of nitrogens with zero attached hydrogens (tertiary/aromatic N) is 1. The molecule has 2 atom stereocenters. The lowest BCUT2D eigenvalue weighted by atomic mass is 9.70. The van der Waals surface area contributed by atoms with E-state index in [-0.39, 0.29) is 13.2 Å². The molecular weight excluding hydrogens is 362 g/mol. The lowest BCUT2D eigenvalue weighted by Crippen LogP contribution is -2.41. The van der Waals surface area contributed by atoms with Gasteiger partial charge in [-0.1, -0.05) is 12.1 Å². The average Bonchev–Trinajstić information content (AvgIpc) is 2.61. The van der Waals surface area contributed by atoms with Gasteiger partial charge in [0.1, 0.15) is 24.8 Å². The molecule has 1 aromatic rings. The Morgan fingerprint density at radius 3 is 1.50 bits per heavy atom. The van der Waals surface area contributed by atoms with E-state index in [1.165, 1.54) is 28.1 Å². The van der Waals surface area contributed by atoms with Gasteiger partial charge in [-0.3, -0.25) is 19.2 Å². The van der Waals surface area contributed by atoms with Crippen LogP contribution in [-0.2, 0) is 28.7 Å². The Bertz CT molecular complexity index is 674. The van der Waals surface area contributed by atoms with E-state index in [2.05, 4.69) is 0 Å². The second-order valence-corrected chi connectivity index (χ2v) is 6.99. The first kappa shape index (κ1) is 23.7. The first-order chi connectivity index (χ1) is 13.1. The zero-order valence-corrected chi connectivity index (χ0v) is 17.4. The topological polar surface area (TPSA) is 90.0 Å². The van der Waals surface area contributed by atoms with Crippen LogP contribution in [0.3, 0.4) is 0 Å². The number of ether oxygens (including phenoxy) is 2. The van der Waals surface area contributed by atoms with Gasteiger partial charge in [0, 0.05) is 39.9 Å². The molecule has 1 rings (SSSR count). The molecular formula is C21H29NO6. The number of carbonyl (C=O) groups excluding carboxylic acids is 4. The fraction of sp³-hybridized carbons (Fsp3) is 0.524. The summed E-state index contributed by atoms with van der Waals surface area (Å²) in [4.78, 5) is 52.1. The van der Waals surface area contributed by atoms with Crippen molar-refractivity contribution in [1.29, 1.82) is 0 Å². The van der Waals surface area contributed by atoms with Crippen molar-refractivity contribution in [3.63, 3.8) is 0 Å². The number of Topliss-reactive ketones (excluding diaryl/α,β-unsaturated/α-hetero) is 4. The van der Waals surface area contributed by atoms with E-state index in [0.29, 0.717) is 5.56 Å². The molecule has 0 fully saturated rings. The Hall–Kier alpha value is -2.38. The molecule has 0 aliphatic carbocycles. The van der Waals surface area contributed by atoms with E-state index in [4.69, 9.17) is 9.47 Å². The van der Waals surface area contributed by atoms with Crippen LogP contribution < -0.4 is 4.90 Å². The highest BCUT2D eigenvalue weighted by Crippen LogP contribution is 2.36. The van der Waals surface area contributed by atoms with Crippen LogP contribution in [0.4, 0.5) is 5.69 Å². The third kappa shape index (κ3) is 5.81. The number of hydrogen-bond acceptors (Lipinski definition) is 7. The van der Waals surface area contributed by atoms with Crippen LogP contribution in [0.2, 0.25) is 0 Å². The largest absolute Gasteiger partial charge is 0.378 e. The predicted octanol–water partition coefficient (Wildman–Crippen LogP) is 1.68. The van der Waals surface area contributed by atoms with Crippen LogP contribution in [0.25, 0.3) is 0 Å². The summed E-state index contributed by atoms with van der Waals surface area (Å²) < 4.78 is 9.83. The molecule has 0 saturated carbocycles. The van der Waals surface area contributed by atoms with Crippen molar-refractivity contribution in [3.8, 4) is 0 Å². The van der Waals surface area contributed by atoms with Crippen LogP contribution in [-0.4, -0.2) is 64.7 Å². The van der Waals surface area contributed by atoms with Gasteiger partial charge in [0.25, 0.3) is 0 Å². The third-order valence-electron chi connectivity index (χ3n) is 4.66. The van der Waals surface area contributed by atoms with Crippen molar-refractivity contribution in [2.75, 3.05) is 46.4 Å². The van der Waals surface area contributed by atoms with Gasteiger partial charge in [-0.2, -0.15) is 0 Å². The molecule has 0 N–H and O–H groups in total. The second kappa shape index (κ2) is 10.8. The highest BCUT2D eigenvalue weighted by molar-refractivity contribution is 6.08. The van der Waals surface area contributed by atoms with Gasteiger partial charge in [0.15, 0.2) is 11.6 Å². The number of ketones is 4. The molecule has 0 radical (unpaired) electrons. The summed E-state index contributed by atoms with van der Waals surface area (Å²) in [5.41, 5.74) is 1.48. The minimum atomic E-state index is -1.17. The lowest BCUT2D eigenvalue weighted by Gasteiger charge is -2.30. The molecule has 0 bridgehead atoms. The number of hydrogen-bond donors (Lipinski definition) is 0. The summed E-state index contributed by atoms with van der Waals surface area (Å²) in [6, 6.07) is 7.12. The van der Waals surface area contributed by atoms with Crippen molar-refractivity contribution in [3.05, 3.63) is 29.8 Å². The van der Waals surface area contributed by atoms with E-state index in [1.54, 1.807) is 12.1 Å². The predicted molar refractivity (Wildman–Crippen MR) is 106 cm³/mol. The molecule has 154 valence electrons. The van der Waals surface area contributed by atoms with E-state index in [1.807, 2.05) is 31.1 Å². The maximum absolute atomic E-state index is 12.7. The van der Waals surface area contributed by atoms with Crippen LogP contribution in [0.5, 0.6) is 0 Å². The van der Waals surface area contributed by atoms with Gasteiger partial charge >= 0.3 is 0 Å². The van der Waals surface area contributed by atoms with E-state index >= 15 is 0 Å². The minimum absolute atomic E-state index is 0.278. The zero-order valence-electron chi connectivity index (χ0n) is 17.4. The molecule has 7 nitrogen and oxygen atoms in total. The Morgan fingerprint density at radius 1 is 0.821 bits per heavy atom. The molecule has 1 aromatic carbocycles. The summed E-state index contributed by atoms with van der Waals surface area (Å²) in [5, 5.41) is 0. The van der Waals surface area contributed by atoms with Crippen LogP contribution in [0.15, 0.2) is 24.3 Å². The quantitative estimate of drug-likeness (QED) is 0.501. The number of benzene rings is 1. The number of methoxy groups -OCH3 is 2. The van der Waals surface area contributed by atoms with Gasteiger partial charge < -0.3 is 14.4 Å². The summed E-state index contributed by atoms with van der Waals surface area (Å²) >= 11 is 0. The maximum Gasteiger partial charge on any atom is 0.169 e. The molecule has 0 spiro atoms. The van der Waals surface area contributed by atoms with Crippen molar-refractivity contribution in [2.24, 2.45) is 11.8 Å². The zero-order chi connectivity index (χ0) is 21.4. The van der Waals surface area contributed by atoms with Crippen LogP contribution in [0, 0.1) is 11.8 Å². The third-order valence-corrected chi connectivity index (χ3v) is 4.66. The summed E-state index contributed by atoms with van der Waals surface area (Å²) in [5.74, 6) is -5.02. The molecule has 0 aliphatic heterocycles. The summed E-state index contributed by atoms with van der Waals surface area (Å²) in [6.45, 7) is 2.02. The summed E-state index contributed by atoms with van der Waals surface area (Å²) in [7, 11) is 6.48. The molecule has 0 heterocycles. The molecule has 28 heavy (non-hydrogen) atoms. The Kier molecular flexibility index (Phi) is 9.15. The number of anilines is 1. The van der Waals surface area contributed by atoms with Crippen LogP contribution in [0.1, 0.15) is 25.3 Å². The fourth-order valence-electron chi connectivity index (χ4n) is 3.40. The van der Waals surface area contributed by atoms with Gasteiger partial charge in [-0.15, -0.1) is 0 Å². The first-order valence-electron chi connectivity index (χ1n) is 8.97. The second-order valence-electron chi connectivity index (χ2n) is 6.99. The molecule has 0 aromatic heterocycles. The van der Waals surface area contributed by atoms with Crippen molar-refractivity contribution in [1.82, 2.24) is 0 Å². The van der Waals surface area contributed by atoms with E-state index < -0.39 is 40.9 Å². The van der Waals surface area contributed by atoms with Gasteiger partial charge in [-0.25, -0.2) is 0 Å². The van der Waals surface area contributed by atoms with Crippen molar-refractivity contribution < 1.29 is 28.7 Å². The first-order valence-corrected chi connectivity index (χ1v) is 8.97. The monoisotopic (exact) mass is 391 g/mol. The molecule has 0 saturated heterocycles. The molecule has 0 unspecified atom stereocenters. The number of rotatable bonds is 12. The molecule has 7 heteroatoms. The van der Waals surface area contributed by atoms with Crippen LogP contribution >= 0.6 is 0 Å². The SMILES string of the molecule is COCC(=O)[C@H](C(C)=O)C(c1ccc(N(C)C)cc1)[C@@H](C(C)=O)C(=O)COC. The van der Waals surface area contributed by atoms with Crippen molar-refractivity contribution >= 4 is 28.8 Å². The molecule has 0 aliphatic rings. The molecule has 0 amide bonds. The minimum Gasteiger partial charge on any atom is -0.378 e. The fourth-order valence-corrected chi connectivity index (χ4v) is 3.40. The van der Waals surface area contributed by atoms with Gasteiger partial charge in [-0.05, 0) is 31.5 Å². The van der Waals surface area contributed by atoms with Gasteiger partial charge in [0.05, 0.1) is 11.8 Å². The Balaban J connectivity index is 3.58. The Labute approximate surface area is 166 Å². The lowest BCUT2D eigenvalue weighted by molar-refractivity contribution is -0.139.